The summed E-state index contributed by atoms with van der Waals surface area (Å²) >= 11 is 1.69. The lowest BCUT2D eigenvalue weighted by Crippen LogP contribution is -2.54. The first-order chi connectivity index (χ1) is 10.8. The summed E-state index contributed by atoms with van der Waals surface area (Å²) in [5, 5.41) is 24.0. The second-order valence-electron chi connectivity index (χ2n) is 5.45. The van der Waals surface area contributed by atoms with Crippen LogP contribution in [0.4, 0.5) is 19.0 Å². The molecule has 0 aromatic carbocycles. The molecule has 1 saturated carbocycles. The number of aliphatic hydroxyl groups is 1. The van der Waals surface area contributed by atoms with Crippen LogP contribution in [0.25, 0.3) is 5.65 Å². The predicted octanol–water partition coefficient (Wildman–Crippen LogP) is 2.20. The number of hydrogen-bond acceptors (Lipinski definition) is 6. The third-order valence-corrected chi connectivity index (χ3v) is 5.31. The summed E-state index contributed by atoms with van der Waals surface area (Å²) in [6, 6.07) is 2.93. The maximum absolute atomic E-state index is 12.8. The van der Waals surface area contributed by atoms with Crippen molar-refractivity contribution >= 4 is 23.2 Å². The van der Waals surface area contributed by atoms with E-state index in [0.29, 0.717) is 10.9 Å². The molecule has 2 atom stereocenters. The molecule has 0 bridgehead atoms. The Morgan fingerprint density at radius 3 is 2.83 bits per heavy atom. The molecule has 0 aliphatic heterocycles. The number of nitrogens with one attached hydrogen (secondary N) is 1. The van der Waals surface area contributed by atoms with Gasteiger partial charge in [-0.3, -0.25) is 0 Å². The van der Waals surface area contributed by atoms with Crippen LogP contribution in [0, 0.1) is 0 Å². The average molecular weight is 347 g/mol. The van der Waals surface area contributed by atoms with Crippen LogP contribution in [0.3, 0.4) is 0 Å². The quantitative estimate of drug-likeness (QED) is 0.864. The number of nitrogens with zero attached hydrogens (tertiary/aromatic N) is 4. The fourth-order valence-corrected chi connectivity index (χ4v) is 3.74. The first-order valence-corrected chi connectivity index (χ1v) is 8.26. The number of aromatic nitrogens is 4. The molecule has 0 radical (unpaired) electrons. The summed E-state index contributed by atoms with van der Waals surface area (Å²) < 4.78 is 39.2. The van der Waals surface area contributed by atoms with E-state index in [1.54, 1.807) is 11.8 Å². The van der Waals surface area contributed by atoms with Crippen LogP contribution < -0.4 is 5.32 Å². The summed E-state index contributed by atoms with van der Waals surface area (Å²) in [4.78, 5) is 0. The Morgan fingerprint density at radius 1 is 1.43 bits per heavy atom. The van der Waals surface area contributed by atoms with Crippen molar-refractivity contribution in [2.24, 2.45) is 0 Å². The summed E-state index contributed by atoms with van der Waals surface area (Å²) in [7, 11) is 0. The highest BCUT2D eigenvalue weighted by Gasteiger charge is 2.45. The second-order valence-corrected chi connectivity index (χ2v) is 6.93. The highest BCUT2D eigenvalue weighted by atomic mass is 32.2. The van der Waals surface area contributed by atoms with E-state index in [2.05, 4.69) is 20.6 Å². The molecule has 3 rings (SSSR count). The molecule has 2 heterocycles. The molecule has 0 amide bonds. The van der Waals surface area contributed by atoms with Crippen molar-refractivity contribution in [1.82, 2.24) is 19.8 Å². The lowest BCUT2D eigenvalue weighted by Gasteiger charge is -2.45. The first kappa shape index (κ1) is 16.3. The Morgan fingerprint density at radius 2 is 2.22 bits per heavy atom. The Hall–Kier alpha value is -1.55. The molecule has 0 saturated heterocycles. The van der Waals surface area contributed by atoms with Gasteiger partial charge in [-0.05, 0) is 30.7 Å². The molecule has 2 aromatic rings. The van der Waals surface area contributed by atoms with E-state index in [-0.39, 0.29) is 23.3 Å². The highest BCUT2D eigenvalue weighted by Crippen LogP contribution is 2.41. The fraction of sp³-hybridized carbons (Fsp3) is 0.615. The molecule has 1 aliphatic rings. The minimum atomic E-state index is -4.62. The molecule has 2 unspecified atom stereocenters. The summed E-state index contributed by atoms with van der Waals surface area (Å²) in [5.41, 5.74) is -0.832. The maximum Gasteiger partial charge on any atom is 0.453 e. The van der Waals surface area contributed by atoms with Gasteiger partial charge >= 0.3 is 6.18 Å². The Bertz CT molecular complexity index is 706. The van der Waals surface area contributed by atoms with Crippen molar-refractivity contribution in [3.05, 3.63) is 18.0 Å². The normalized spacial score (nSPS) is 24.7. The number of thioether (sulfide) groups is 1. The van der Waals surface area contributed by atoms with Crippen molar-refractivity contribution < 1.29 is 18.3 Å². The van der Waals surface area contributed by atoms with Crippen LogP contribution in [0.15, 0.2) is 12.1 Å². The number of hydrogen-bond donors (Lipinski definition) is 2. The Kier molecular flexibility index (Phi) is 4.13. The highest BCUT2D eigenvalue weighted by molar-refractivity contribution is 8.00. The van der Waals surface area contributed by atoms with E-state index < -0.39 is 17.6 Å². The van der Waals surface area contributed by atoms with Crippen LogP contribution in [0.1, 0.15) is 25.6 Å². The number of halogens is 3. The Labute approximate surface area is 134 Å². The monoisotopic (exact) mass is 347 g/mol. The third-order valence-electron chi connectivity index (χ3n) is 3.90. The first-order valence-electron chi connectivity index (χ1n) is 7.21. The number of rotatable bonds is 5. The van der Waals surface area contributed by atoms with Gasteiger partial charge in [0.1, 0.15) is 5.82 Å². The third kappa shape index (κ3) is 3.09. The van der Waals surface area contributed by atoms with Gasteiger partial charge in [-0.25, -0.2) is 0 Å². The lowest BCUT2D eigenvalue weighted by molar-refractivity contribution is -0.146. The van der Waals surface area contributed by atoms with E-state index in [9.17, 15) is 18.3 Å². The van der Waals surface area contributed by atoms with Crippen molar-refractivity contribution in [3.63, 3.8) is 0 Å². The smallest absolute Gasteiger partial charge is 0.387 e. The molecule has 126 valence electrons. The number of anilines is 1. The van der Waals surface area contributed by atoms with Crippen LogP contribution in [0.5, 0.6) is 0 Å². The van der Waals surface area contributed by atoms with Gasteiger partial charge in [0.2, 0.25) is 0 Å². The zero-order valence-electron chi connectivity index (χ0n) is 12.3. The zero-order chi connectivity index (χ0) is 16.7. The van der Waals surface area contributed by atoms with Crippen LogP contribution in [0.2, 0.25) is 0 Å². The van der Waals surface area contributed by atoms with Gasteiger partial charge in [0.25, 0.3) is 5.82 Å². The van der Waals surface area contributed by atoms with Gasteiger partial charge < -0.3 is 10.4 Å². The van der Waals surface area contributed by atoms with Gasteiger partial charge in [0.15, 0.2) is 5.65 Å². The van der Waals surface area contributed by atoms with E-state index in [1.165, 1.54) is 12.1 Å². The molecule has 0 spiro atoms. The van der Waals surface area contributed by atoms with Gasteiger partial charge in [-0.2, -0.15) is 29.4 Å². The van der Waals surface area contributed by atoms with Crippen LogP contribution in [-0.4, -0.2) is 48.1 Å². The molecule has 6 nitrogen and oxygen atoms in total. The molecule has 2 N–H and O–H groups in total. The summed E-state index contributed by atoms with van der Waals surface area (Å²) in [5.74, 6) is -0.0198. The molecular formula is C13H16F3N5OS. The van der Waals surface area contributed by atoms with Gasteiger partial charge in [-0.15, -0.1) is 15.3 Å². The summed E-state index contributed by atoms with van der Waals surface area (Å²) in [6.45, 7) is 2.27. The number of alkyl halides is 3. The van der Waals surface area contributed by atoms with Crippen molar-refractivity contribution in [3.8, 4) is 0 Å². The zero-order valence-corrected chi connectivity index (χ0v) is 13.2. The topological polar surface area (TPSA) is 75.3 Å². The molecule has 23 heavy (non-hydrogen) atoms. The van der Waals surface area contributed by atoms with Gasteiger partial charge in [0, 0.05) is 11.8 Å². The van der Waals surface area contributed by atoms with Crippen molar-refractivity contribution in [2.45, 2.75) is 36.8 Å². The van der Waals surface area contributed by atoms with E-state index in [1.807, 2.05) is 6.92 Å². The van der Waals surface area contributed by atoms with E-state index in [4.69, 9.17) is 0 Å². The maximum atomic E-state index is 12.8. The fourth-order valence-electron chi connectivity index (χ4n) is 2.54. The largest absolute Gasteiger partial charge is 0.453 e. The Balaban J connectivity index is 1.76. The van der Waals surface area contributed by atoms with Crippen LogP contribution in [-0.2, 0) is 6.18 Å². The minimum Gasteiger partial charge on any atom is -0.387 e. The second kappa shape index (κ2) is 5.82. The predicted molar refractivity (Wildman–Crippen MR) is 80.4 cm³/mol. The molecule has 1 fully saturated rings. The average Bonchev–Trinajstić information content (AvgIpc) is 2.92. The lowest BCUT2D eigenvalue weighted by atomic mass is 9.79. The molecule has 2 aromatic heterocycles. The summed E-state index contributed by atoms with van der Waals surface area (Å²) in [6.07, 6.45) is -3.02. The van der Waals surface area contributed by atoms with Gasteiger partial charge in [-0.1, -0.05) is 6.92 Å². The van der Waals surface area contributed by atoms with Crippen molar-refractivity contribution in [1.29, 1.82) is 0 Å². The number of fused-ring (bicyclic) bond motifs is 1. The van der Waals surface area contributed by atoms with Gasteiger partial charge in [0.05, 0.1) is 5.60 Å². The standard InChI is InChI=1S/C13H16F3N5OS/c1-2-23-8-5-6-12(8,22)7-17-9-3-4-10-18-19-11(13(14,15)16)21(10)20-9/h3-4,8,22H,2,5-7H2,1H3,(H,17,20). The molecular weight excluding hydrogens is 331 g/mol. The SMILES string of the molecule is CCSC1CCC1(O)CNc1ccc2nnc(C(F)(F)F)n2n1. The minimum absolute atomic E-state index is 0.0182. The molecule has 10 heteroatoms. The van der Waals surface area contributed by atoms with E-state index >= 15 is 0 Å². The van der Waals surface area contributed by atoms with Crippen LogP contribution >= 0.6 is 11.8 Å². The van der Waals surface area contributed by atoms with Crippen molar-refractivity contribution in [2.75, 3.05) is 17.6 Å². The molecule has 1 aliphatic carbocycles. The van der Waals surface area contributed by atoms with E-state index in [0.717, 1.165) is 12.2 Å².